The van der Waals surface area contributed by atoms with Crippen molar-refractivity contribution >= 4 is 0 Å². The Balaban J connectivity index is 3.89. The summed E-state index contributed by atoms with van der Waals surface area (Å²) in [6.07, 6.45) is 7.70. The first-order chi connectivity index (χ1) is 14.9. The molecule has 32 heavy (non-hydrogen) atoms. The zero-order chi connectivity index (χ0) is 24.8. The van der Waals surface area contributed by atoms with E-state index in [0.717, 1.165) is 13.1 Å². The first kappa shape index (κ1) is 31.8. The molecule has 0 amide bonds. The van der Waals surface area contributed by atoms with Gasteiger partial charge in [0.2, 0.25) is 0 Å². The molecule has 0 aliphatic carbocycles. The van der Waals surface area contributed by atoms with Crippen LogP contribution in [0.1, 0.15) is 122 Å². The van der Waals surface area contributed by atoms with Gasteiger partial charge in [0.1, 0.15) is 0 Å². The van der Waals surface area contributed by atoms with Crippen LogP contribution >= 0.6 is 0 Å². The van der Waals surface area contributed by atoms with Gasteiger partial charge in [0, 0.05) is 48.3 Å². The summed E-state index contributed by atoms with van der Waals surface area (Å²) in [6.45, 7) is 30.3. The standard InChI is InChI=1S/C28H62N4/c1-21(2)31(22(3)4)27(11)19-25(9)29-17-15-13-14-16-18-30-26(10)20-28(12)32(23(5)6)24(7)8/h21-30H,13-20H2,1-12H3. The molecule has 0 saturated carbocycles. The summed E-state index contributed by atoms with van der Waals surface area (Å²) in [6, 6.07) is 4.88. The number of hydrogen-bond acceptors (Lipinski definition) is 4. The summed E-state index contributed by atoms with van der Waals surface area (Å²) in [5.74, 6) is 0. The predicted octanol–water partition coefficient (Wildman–Crippen LogP) is 6.30. The van der Waals surface area contributed by atoms with E-state index in [1.807, 2.05) is 0 Å². The van der Waals surface area contributed by atoms with E-state index in [4.69, 9.17) is 0 Å². The lowest BCUT2D eigenvalue weighted by Crippen LogP contribution is -2.46. The van der Waals surface area contributed by atoms with Gasteiger partial charge >= 0.3 is 0 Å². The van der Waals surface area contributed by atoms with Crippen LogP contribution in [0, 0.1) is 0 Å². The minimum Gasteiger partial charge on any atom is -0.314 e. The first-order valence-corrected chi connectivity index (χ1v) is 13.9. The van der Waals surface area contributed by atoms with Crippen LogP contribution in [0.2, 0.25) is 0 Å². The van der Waals surface area contributed by atoms with Crippen molar-refractivity contribution in [3.8, 4) is 0 Å². The van der Waals surface area contributed by atoms with Crippen LogP contribution < -0.4 is 10.6 Å². The van der Waals surface area contributed by atoms with Crippen LogP contribution in [0.3, 0.4) is 0 Å². The Hall–Kier alpha value is -0.160. The average molecular weight is 455 g/mol. The second-order valence-electron chi connectivity index (χ2n) is 11.6. The summed E-state index contributed by atoms with van der Waals surface area (Å²) in [7, 11) is 0. The van der Waals surface area contributed by atoms with E-state index in [2.05, 4.69) is 104 Å². The zero-order valence-electron chi connectivity index (χ0n) is 24.2. The summed E-state index contributed by atoms with van der Waals surface area (Å²) in [5, 5.41) is 7.52. The van der Waals surface area contributed by atoms with E-state index in [-0.39, 0.29) is 0 Å². The Morgan fingerprint density at radius 2 is 0.719 bits per heavy atom. The summed E-state index contributed by atoms with van der Waals surface area (Å²) < 4.78 is 0. The molecule has 4 heteroatoms. The highest BCUT2D eigenvalue weighted by Crippen LogP contribution is 2.16. The van der Waals surface area contributed by atoms with E-state index in [1.54, 1.807) is 0 Å². The number of rotatable bonds is 19. The van der Waals surface area contributed by atoms with Gasteiger partial charge in [-0.2, -0.15) is 0 Å². The third kappa shape index (κ3) is 13.5. The fourth-order valence-electron chi connectivity index (χ4n) is 5.96. The number of nitrogens with zero attached hydrogens (tertiary/aromatic N) is 2. The Morgan fingerprint density at radius 3 is 0.969 bits per heavy atom. The van der Waals surface area contributed by atoms with Crippen LogP contribution in [0.5, 0.6) is 0 Å². The van der Waals surface area contributed by atoms with Gasteiger partial charge in [-0.1, -0.05) is 12.8 Å². The van der Waals surface area contributed by atoms with Crippen molar-refractivity contribution in [1.82, 2.24) is 20.4 Å². The van der Waals surface area contributed by atoms with E-state index in [1.165, 1.54) is 38.5 Å². The van der Waals surface area contributed by atoms with Crippen molar-refractivity contribution in [3.05, 3.63) is 0 Å². The predicted molar refractivity (Wildman–Crippen MR) is 146 cm³/mol. The van der Waals surface area contributed by atoms with Crippen molar-refractivity contribution in [2.24, 2.45) is 0 Å². The van der Waals surface area contributed by atoms with Crippen molar-refractivity contribution < 1.29 is 0 Å². The molecular weight excluding hydrogens is 392 g/mol. The van der Waals surface area contributed by atoms with Crippen LogP contribution in [-0.2, 0) is 0 Å². The van der Waals surface area contributed by atoms with Crippen LogP contribution in [-0.4, -0.2) is 71.2 Å². The van der Waals surface area contributed by atoms with Gasteiger partial charge in [-0.25, -0.2) is 0 Å². The summed E-state index contributed by atoms with van der Waals surface area (Å²) >= 11 is 0. The fraction of sp³-hybridized carbons (Fsp3) is 1.00. The molecule has 0 aromatic heterocycles. The van der Waals surface area contributed by atoms with Gasteiger partial charge in [-0.05, 0) is 122 Å². The van der Waals surface area contributed by atoms with E-state index >= 15 is 0 Å². The molecule has 0 radical (unpaired) electrons. The Labute approximate surface area is 203 Å². The largest absolute Gasteiger partial charge is 0.314 e. The van der Waals surface area contributed by atoms with Crippen LogP contribution in [0.4, 0.5) is 0 Å². The maximum atomic E-state index is 3.76. The molecule has 0 bridgehead atoms. The van der Waals surface area contributed by atoms with E-state index < -0.39 is 0 Å². The molecule has 0 aromatic carbocycles. The third-order valence-electron chi connectivity index (χ3n) is 6.88. The van der Waals surface area contributed by atoms with Gasteiger partial charge in [-0.15, -0.1) is 0 Å². The van der Waals surface area contributed by atoms with Gasteiger partial charge in [0.05, 0.1) is 0 Å². The molecule has 0 aliphatic heterocycles. The molecule has 0 aliphatic rings. The quantitative estimate of drug-likeness (QED) is 0.224. The number of nitrogens with one attached hydrogen (secondary N) is 2. The highest BCUT2D eigenvalue weighted by molar-refractivity contribution is 4.79. The van der Waals surface area contributed by atoms with Crippen molar-refractivity contribution in [2.75, 3.05) is 13.1 Å². The minimum absolute atomic E-state index is 0.589. The molecule has 0 spiro atoms. The summed E-state index contributed by atoms with van der Waals surface area (Å²) in [4.78, 5) is 5.27. The van der Waals surface area contributed by atoms with Crippen LogP contribution in [0.25, 0.3) is 0 Å². The maximum Gasteiger partial charge on any atom is 0.00870 e. The van der Waals surface area contributed by atoms with E-state index in [0.29, 0.717) is 48.3 Å². The molecule has 194 valence electrons. The highest BCUT2D eigenvalue weighted by atomic mass is 15.2. The third-order valence-corrected chi connectivity index (χ3v) is 6.88. The molecule has 4 unspecified atom stereocenters. The molecular formula is C28H62N4. The number of unbranched alkanes of at least 4 members (excludes halogenated alkanes) is 3. The lowest BCUT2D eigenvalue weighted by molar-refractivity contribution is 0.110. The lowest BCUT2D eigenvalue weighted by Gasteiger charge is -2.37. The second-order valence-corrected chi connectivity index (χ2v) is 11.6. The molecule has 0 fully saturated rings. The van der Waals surface area contributed by atoms with Gasteiger partial charge in [-0.3, -0.25) is 9.80 Å². The van der Waals surface area contributed by atoms with Gasteiger partial charge in [0.25, 0.3) is 0 Å². The van der Waals surface area contributed by atoms with Crippen LogP contribution in [0.15, 0.2) is 0 Å². The first-order valence-electron chi connectivity index (χ1n) is 13.9. The van der Waals surface area contributed by atoms with Crippen molar-refractivity contribution in [3.63, 3.8) is 0 Å². The highest BCUT2D eigenvalue weighted by Gasteiger charge is 2.22. The van der Waals surface area contributed by atoms with Crippen molar-refractivity contribution in [1.29, 1.82) is 0 Å². The van der Waals surface area contributed by atoms with E-state index in [9.17, 15) is 0 Å². The van der Waals surface area contributed by atoms with Crippen molar-refractivity contribution in [2.45, 2.75) is 170 Å². The Morgan fingerprint density at radius 1 is 0.438 bits per heavy atom. The molecule has 0 aromatic rings. The maximum absolute atomic E-state index is 3.76. The normalized spacial score (nSPS) is 16.7. The lowest BCUT2D eigenvalue weighted by atomic mass is 10.0. The monoisotopic (exact) mass is 454 g/mol. The summed E-state index contributed by atoms with van der Waals surface area (Å²) in [5.41, 5.74) is 0. The number of hydrogen-bond donors (Lipinski definition) is 2. The SMILES string of the molecule is CC(CC(C)N(C(C)C)C(C)C)NCCCCCCNC(C)CC(C)N(C(C)C)C(C)C. The Kier molecular flexibility index (Phi) is 17.2. The molecule has 4 atom stereocenters. The molecule has 0 saturated heterocycles. The topological polar surface area (TPSA) is 30.5 Å². The molecule has 4 nitrogen and oxygen atoms in total. The van der Waals surface area contributed by atoms with Gasteiger partial charge in [0.15, 0.2) is 0 Å². The average Bonchev–Trinajstić information content (AvgIpc) is 2.62. The minimum atomic E-state index is 0.589. The molecule has 0 heterocycles. The zero-order valence-corrected chi connectivity index (χ0v) is 24.2. The fourth-order valence-corrected chi connectivity index (χ4v) is 5.96. The molecule has 0 rings (SSSR count). The second kappa shape index (κ2) is 17.3. The molecule has 2 N–H and O–H groups in total. The van der Waals surface area contributed by atoms with Gasteiger partial charge < -0.3 is 10.6 Å². The Bertz CT molecular complexity index is 379. The smallest absolute Gasteiger partial charge is 0.00870 e.